The summed E-state index contributed by atoms with van der Waals surface area (Å²) in [4.78, 5) is 86.4. The summed E-state index contributed by atoms with van der Waals surface area (Å²) in [6, 6.07) is 34.1. The molecule has 19 heterocycles. The minimum Gasteiger partial charge on any atom is -0.468 e. The summed E-state index contributed by atoms with van der Waals surface area (Å²) in [5, 5.41) is 56.5. The van der Waals surface area contributed by atoms with Crippen molar-refractivity contribution in [3.05, 3.63) is 256 Å². The normalized spacial score (nSPS) is 15.1. The van der Waals surface area contributed by atoms with Gasteiger partial charge in [0.2, 0.25) is 0 Å². The van der Waals surface area contributed by atoms with Crippen molar-refractivity contribution in [2.24, 2.45) is 13.0 Å². The van der Waals surface area contributed by atoms with Crippen LogP contribution in [0.2, 0.25) is 0 Å². The third kappa shape index (κ3) is 19.1. The van der Waals surface area contributed by atoms with Crippen molar-refractivity contribution in [2.75, 3.05) is 101 Å². The second-order valence-corrected chi connectivity index (χ2v) is 42.1. The van der Waals surface area contributed by atoms with Crippen LogP contribution in [0.25, 0.3) is 84.5 Å². The molecule has 3 aromatic carbocycles. The van der Waals surface area contributed by atoms with Gasteiger partial charge in [-0.05, 0) is 191 Å². The van der Waals surface area contributed by atoms with Gasteiger partial charge in [-0.2, -0.15) is 30.6 Å². The Balaban J connectivity index is 0.000000118. The molecule has 5 aliphatic heterocycles. The van der Waals surface area contributed by atoms with Crippen molar-refractivity contribution in [3.8, 4) is 33.4 Å². The van der Waals surface area contributed by atoms with Gasteiger partial charge in [-0.25, -0.2) is 13.2 Å². The summed E-state index contributed by atoms with van der Waals surface area (Å²) in [6.45, 7) is 27.9. The van der Waals surface area contributed by atoms with E-state index in [1.165, 1.54) is 71.4 Å². The highest BCUT2D eigenvalue weighted by atomic mass is 32.1. The average molecular weight is 2010 g/mol. The molecule has 0 saturated carbocycles. The quantitative estimate of drug-likeness (QED) is 0.0419. The molecule has 5 aliphatic rings. The molecule has 5 amide bonds. The third-order valence-corrected chi connectivity index (χ3v) is 32.4. The Morgan fingerprint density at radius 1 is 0.387 bits per heavy atom. The van der Waals surface area contributed by atoms with Crippen LogP contribution in [-0.2, 0) is 30.6 Å². The number of fused-ring (bicyclic) bond motifs is 5. The lowest BCUT2D eigenvalue weighted by molar-refractivity contribution is -0.0227. The minimum atomic E-state index is -1.57. The number of hydrogen-bond acceptors (Lipinski definition) is 31. The molecule has 40 heteroatoms. The fourth-order valence-corrected chi connectivity index (χ4v) is 23.0. The van der Waals surface area contributed by atoms with Crippen LogP contribution in [0.1, 0.15) is 147 Å². The molecule has 22 rings (SSSR count). The molecule has 0 unspecified atom stereocenters. The lowest BCUT2D eigenvalue weighted by Gasteiger charge is -2.44. The van der Waals surface area contributed by atoms with E-state index in [4.69, 9.17) is 33.1 Å². The van der Waals surface area contributed by atoms with Gasteiger partial charge in [0.05, 0.1) is 115 Å². The number of likely N-dealkylation sites (tertiary alicyclic amines) is 5. The largest absolute Gasteiger partial charge is 0.468 e. The van der Waals surface area contributed by atoms with Crippen molar-refractivity contribution in [1.82, 2.24) is 106 Å². The minimum absolute atomic E-state index is 0.00217. The Kier molecular flexibility index (Phi) is 27.3. The maximum atomic E-state index is 15.5. The number of carbonyl (C=O) groups is 5. The maximum absolute atomic E-state index is 15.5. The van der Waals surface area contributed by atoms with Gasteiger partial charge in [0, 0.05) is 109 Å². The van der Waals surface area contributed by atoms with E-state index in [1.54, 1.807) is 83.2 Å². The van der Waals surface area contributed by atoms with Crippen LogP contribution in [0.3, 0.4) is 0 Å². The molecular formula is C102H105F3N26O6S5. The van der Waals surface area contributed by atoms with E-state index in [0.29, 0.717) is 116 Å². The molecule has 142 heavy (non-hydrogen) atoms. The first-order valence-electron chi connectivity index (χ1n) is 46.2. The number of amides is 5. The highest BCUT2D eigenvalue weighted by molar-refractivity contribution is 7.23. The summed E-state index contributed by atoms with van der Waals surface area (Å²) in [6.07, 6.45) is 13.4. The molecule has 730 valence electrons. The average Bonchev–Trinajstić information content (AvgIpc) is 1.08. The molecular weight excluding hydrogens is 1900 g/mol. The number of pyridine rings is 2. The lowest BCUT2D eigenvalue weighted by atomic mass is 9.87. The summed E-state index contributed by atoms with van der Waals surface area (Å²) in [5.41, 5.74) is 45.2. The van der Waals surface area contributed by atoms with E-state index < -0.39 is 17.0 Å². The number of benzene rings is 3. The number of alkyl halides is 3. The van der Waals surface area contributed by atoms with Gasteiger partial charge in [0.1, 0.15) is 54.3 Å². The highest BCUT2D eigenvalue weighted by Crippen LogP contribution is 2.47. The molecule has 5 saturated heterocycles. The van der Waals surface area contributed by atoms with E-state index in [9.17, 15) is 24.0 Å². The van der Waals surface area contributed by atoms with Gasteiger partial charge in [-0.15, -0.1) is 82.2 Å². The van der Waals surface area contributed by atoms with E-state index in [1.807, 2.05) is 160 Å². The van der Waals surface area contributed by atoms with Crippen LogP contribution >= 0.6 is 56.7 Å². The number of nitrogens with two attached hydrogens (primary N) is 5. The Morgan fingerprint density at radius 2 is 0.704 bits per heavy atom. The van der Waals surface area contributed by atoms with Crippen LogP contribution < -0.4 is 39.3 Å². The van der Waals surface area contributed by atoms with Crippen LogP contribution in [-0.4, -0.2) is 209 Å². The van der Waals surface area contributed by atoms with E-state index >= 15 is 13.2 Å². The molecule has 0 atom stereocenters. The smallest absolute Gasteiger partial charge is 0.266 e. The maximum Gasteiger partial charge on any atom is 0.266 e. The molecule has 17 aromatic rings. The van der Waals surface area contributed by atoms with Crippen molar-refractivity contribution >= 4 is 166 Å². The first kappa shape index (κ1) is 97.9. The van der Waals surface area contributed by atoms with Gasteiger partial charge in [-0.1, -0.05) is 92.7 Å². The molecule has 0 aliphatic carbocycles. The van der Waals surface area contributed by atoms with Crippen LogP contribution in [0.5, 0.6) is 0 Å². The Bertz CT molecular complexity index is 7470. The predicted molar refractivity (Wildman–Crippen MR) is 553 cm³/mol. The number of hydrogen-bond donors (Lipinski definition) is 7. The fraction of sp³-hybridized carbons (Fsp3) is 0.314. The van der Waals surface area contributed by atoms with E-state index in [2.05, 4.69) is 90.5 Å². The predicted octanol–water partition coefficient (Wildman–Crippen LogP) is 16.6. The molecule has 0 radical (unpaired) electrons. The number of aryl methyl sites for hydroxylation is 11. The number of carbonyl (C=O) groups excluding carboxylic acids is 5. The summed E-state index contributed by atoms with van der Waals surface area (Å²) in [7, 11) is 1.85. The Morgan fingerprint density at radius 3 is 1.01 bits per heavy atom. The number of nitrogens with zero attached hydrogens (tertiary/aromatic N) is 19. The van der Waals surface area contributed by atoms with Crippen molar-refractivity contribution in [3.63, 3.8) is 0 Å². The van der Waals surface area contributed by atoms with Gasteiger partial charge in [-0.3, -0.25) is 38.6 Å². The molecule has 12 N–H and O–H groups in total. The van der Waals surface area contributed by atoms with Crippen molar-refractivity contribution in [2.45, 2.75) is 125 Å². The van der Waals surface area contributed by atoms with Crippen LogP contribution in [0.4, 0.5) is 41.6 Å². The standard InChI is InChI=1S/2C23H20FN5OS.C22H21FN6OS.C17H19N5O2S.C17H25N5OS/c1-13-14(2)27-28-21-18(13)19(25)20(31-21)22(30)29-11-23(24,12-29)17-5-3-15(4-6-17)16-7-9-26-10-8-16;1-13-14(2)27-28-21-18(13)19(25)20(31-21)22(30)29-11-23(24,12-29)17-7-5-15(6-8-17)16-4-3-9-26-10-16;1-12-13(2)26-27-20-17(12)18(24)19(31-20)21(30)29-10-22(23,11-29)16-6-4-14(5-7-16)15-8-25-28(3)9-15;1-9-10(2)20-21-16-13(9)14(18)15(25-16)17(23)22-7-11(8-22)19-6-12-4-3-5-24-12;1-9(2)5-6-19-12-7-22(8-12)17(23)15-14(18)13-10(3)11(4)20-21-16(13)24-15/h2*3-10H,11-12,25H2,1-2H3;4-9H,10-11,24H2,1-3H3;3-5,11,19H,6-8,18H2,1-2H3;9,12,19H,5-8,18H2,1-4H3. The topological polar surface area (TPSA) is 441 Å². The molecule has 5 fully saturated rings. The number of furan rings is 1. The van der Waals surface area contributed by atoms with E-state index in [-0.39, 0.29) is 74.8 Å². The number of aromatic nitrogens is 14. The van der Waals surface area contributed by atoms with Crippen LogP contribution in [0, 0.1) is 75.2 Å². The number of halogens is 3. The van der Waals surface area contributed by atoms with Crippen molar-refractivity contribution < 1.29 is 41.6 Å². The molecule has 0 bridgehead atoms. The zero-order valence-corrected chi connectivity index (χ0v) is 84.4. The zero-order valence-electron chi connectivity index (χ0n) is 80.4. The first-order chi connectivity index (χ1) is 67.9. The Hall–Kier alpha value is -14.3. The van der Waals surface area contributed by atoms with Gasteiger partial charge in [0.25, 0.3) is 29.5 Å². The summed E-state index contributed by atoms with van der Waals surface area (Å²) >= 11 is 6.30. The first-order valence-corrected chi connectivity index (χ1v) is 50.2. The van der Waals surface area contributed by atoms with Gasteiger partial charge in [0.15, 0.2) is 17.0 Å². The zero-order chi connectivity index (χ0) is 100. The number of nitrogen functional groups attached to an aromatic ring is 5. The number of thiophene rings is 5. The number of nitrogens with one attached hydrogen (secondary N) is 2. The van der Waals surface area contributed by atoms with Gasteiger partial charge < -0.3 is 68.2 Å². The molecule has 0 spiro atoms. The number of rotatable bonds is 18. The third-order valence-electron chi connectivity index (χ3n) is 27.0. The number of anilines is 5. The highest BCUT2D eigenvalue weighted by Gasteiger charge is 2.51. The molecule has 14 aromatic heterocycles. The second-order valence-electron chi connectivity index (χ2n) is 37.1. The SMILES string of the molecule is Cc1nnc2sc(C(=O)N3CC(F)(c4ccc(-c5cccnc5)cc4)C3)c(N)c2c1C.Cc1nnc2sc(C(=O)N3CC(F)(c4ccc(-c5ccncc5)cc4)C3)c(N)c2c1C.Cc1nnc2sc(C(=O)N3CC(F)(c4ccc(-c5cnn(C)c5)cc4)C3)c(N)c2c1C.Cc1nnc2sc(C(=O)N3CC(NCCC(C)C)C3)c(N)c2c1C.Cc1nnc2sc(C(=O)N3CC(NCc4ccco4)C3)c(N)c2c1C. The molecule has 32 nitrogen and oxygen atoms in total. The lowest BCUT2D eigenvalue weighted by Crippen LogP contribution is -2.59. The van der Waals surface area contributed by atoms with E-state index in [0.717, 1.165) is 158 Å². The van der Waals surface area contributed by atoms with Crippen molar-refractivity contribution in [1.29, 1.82) is 0 Å². The summed E-state index contributed by atoms with van der Waals surface area (Å²) < 4.78 is 53.4. The fourth-order valence-electron chi connectivity index (χ4n) is 17.7. The second kappa shape index (κ2) is 39.7. The Labute approximate surface area is 835 Å². The monoisotopic (exact) mass is 2010 g/mol. The van der Waals surface area contributed by atoms with Crippen LogP contribution in [0.15, 0.2) is 157 Å². The van der Waals surface area contributed by atoms with Gasteiger partial charge >= 0.3 is 0 Å². The summed E-state index contributed by atoms with van der Waals surface area (Å²) in [5.74, 6) is 0.766.